The highest BCUT2D eigenvalue weighted by Crippen LogP contribution is 2.46. The number of rotatable bonds is 11. The van der Waals surface area contributed by atoms with Crippen LogP contribution < -0.4 is 0 Å². The van der Waals surface area contributed by atoms with Crippen LogP contribution in [0.2, 0.25) is 36.3 Å². The molecule has 0 aromatic heterocycles. The number of amides is 1. The van der Waals surface area contributed by atoms with Crippen molar-refractivity contribution in [3.05, 3.63) is 23.0 Å². The molecule has 0 aromatic rings. The average molecular weight is 664 g/mol. The van der Waals surface area contributed by atoms with Gasteiger partial charge in [-0.15, -0.1) is 0 Å². The molecule has 0 radical (unpaired) electrons. The third-order valence-electron chi connectivity index (χ3n) is 10.6. The minimum atomic E-state index is -2.04. The van der Waals surface area contributed by atoms with E-state index >= 15 is 0 Å². The van der Waals surface area contributed by atoms with E-state index in [9.17, 15) is 9.90 Å². The fourth-order valence-corrected chi connectivity index (χ4v) is 7.50. The summed E-state index contributed by atoms with van der Waals surface area (Å²) < 4.78 is 19.3. The first kappa shape index (κ1) is 41.6. The van der Waals surface area contributed by atoms with Crippen LogP contribution in [0.3, 0.4) is 0 Å². The van der Waals surface area contributed by atoms with Gasteiger partial charge in [-0.2, -0.15) is 0 Å². The summed E-state index contributed by atoms with van der Waals surface area (Å²) in [5.74, 6) is 7.33. The van der Waals surface area contributed by atoms with Crippen LogP contribution in [0.1, 0.15) is 103 Å². The van der Waals surface area contributed by atoms with Crippen molar-refractivity contribution in [2.75, 3.05) is 13.2 Å². The molecule has 0 spiro atoms. The molecular formula is C37H69NO5Si2. The molecule has 1 aliphatic carbocycles. The van der Waals surface area contributed by atoms with Gasteiger partial charge >= 0.3 is 6.09 Å². The summed E-state index contributed by atoms with van der Waals surface area (Å²) in [6.45, 7) is 39.8. The Hall–Kier alpha value is -1.38. The number of aliphatic hydroxyl groups excluding tert-OH is 1. The fourth-order valence-electron chi connectivity index (χ4n) is 5.60. The smallest absolute Gasteiger partial charge is 0.415 e. The molecule has 0 saturated heterocycles. The zero-order valence-corrected chi connectivity index (χ0v) is 34.3. The monoisotopic (exact) mass is 663 g/mol. The van der Waals surface area contributed by atoms with E-state index in [1.807, 2.05) is 47.6 Å². The second kappa shape index (κ2) is 16.1. The molecule has 0 heterocycles. The highest BCUT2D eigenvalue weighted by molar-refractivity contribution is 6.74. The van der Waals surface area contributed by atoms with Gasteiger partial charge in [0.1, 0.15) is 5.76 Å². The predicted octanol–water partition coefficient (Wildman–Crippen LogP) is 9.78. The van der Waals surface area contributed by atoms with Crippen molar-refractivity contribution < 1.29 is 23.5 Å². The van der Waals surface area contributed by atoms with E-state index in [0.717, 1.165) is 11.1 Å². The number of carbonyl (C=O) groups is 1. The maximum atomic E-state index is 13.4. The number of carbonyl (C=O) groups excluding carboxylic acids is 1. The summed E-state index contributed by atoms with van der Waals surface area (Å²) >= 11 is 0. The van der Waals surface area contributed by atoms with Crippen LogP contribution in [0.15, 0.2) is 23.0 Å². The van der Waals surface area contributed by atoms with Gasteiger partial charge in [-0.25, -0.2) is 4.79 Å². The van der Waals surface area contributed by atoms with Gasteiger partial charge in [0, 0.05) is 31.0 Å². The SMILES string of the molecule is CC1=C(OC(=O)N(C(C)C)C(C)C)C[C@H](C(C)C)[C@@H](CO[Si](C)(C)C(C)(C)C)[C@H]1[C@@H](O)/C=C(\C)C#CCO[Si](C)(C)C(C)(C)C. The molecule has 6 nitrogen and oxygen atoms in total. The Bertz CT molecular complexity index is 1100. The second-order valence-electron chi connectivity index (χ2n) is 17.1. The van der Waals surface area contributed by atoms with Gasteiger partial charge in [0.25, 0.3) is 0 Å². The number of hydrogen-bond acceptors (Lipinski definition) is 5. The van der Waals surface area contributed by atoms with Crippen LogP contribution in [0.25, 0.3) is 0 Å². The number of nitrogens with zero attached hydrogens (tertiary/aromatic N) is 1. The van der Waals surface area contributed by atoms with Crippen LogP contribution in [-0.2, 0) is 13.6 Å². The summed E-state index contributed by atoms with van der Waals surface area (Å²) in [6.07, 6.45) is 1.36. The van der Waals surface area contributed by atoms with Crippen molar-refractivity contribution in [3.63, 3.8) is 0 Å². The molecule has 1 N–H and O–H groups in total. The standard InChI is InChI=1S/C37H69NO5Si2/c1-25(2)30-23-33(43-35(40)38(26(3)4)27(5)6)29(8)34(31(30)24-42-45(17,18)37(12,13)14)32(39)22-28(7)20-19-21-41-44(15,16)36(9,10)11/h22,25-27,30-32,34,39H,21,23-24H2,1-18H3/b28-22+/t30-,31-,32+,34+/m1/s1. The Morgan fingerprint density at radius 3 is 1.89 bits per heavy atom. The molecule has 1 rings (SSSR count). The van der Waals surface area contributed by atoms with Crippen LogP contribution in [0, 0.1) is 35.5 Å². The third-order valence-corrected chi connectivity index (χ3v) is 19.6. The van der Waals surface area contributed by atoms with E-state index in [1.54, 1.807) is 4.90 Å². The van der Waals surface area contributed by atoms with Crippen molar-refractivity contribution in [1.82, 2.24) is 4.90 Å². The van der Waals surface area contributed by atoms with Gasteiger partial charge in [0.05, 0.1) is 12.7 Å². The van der Waals surface area contributed by atoms with Crippen molar-refractivity contribution in [2.24, 2.45) is 23.7 Å². The van der Waals surface area contributed by atoms with Gasteiger partial charge in [0.15, 0.2) is 16.6 Å². The molecule has 0 fully saturated rings. The Labute approximate surface area is 280 Å². The Balaban J connectivity index is 3.56. The van der Waals surface area contributed by atoms with Crippen molar-refractivity contribution >= 4 is 22.7 Å². The van der Waals surface area contributed by atoms with Gasteiger partial charge in [-0.05, 0) is 113 Å². The number of ether oxygens (including phenoxy) is 1. The van der Waals surface area contributed by atoms with Crippen LogP contribution in [0.4, 0.5) is 4.79 Å². The molecule has 0 aliphatic heterocycles. The van der Waals surface area contributed by atoms with E-state index in [-0.39, 0.29) is 46.0 Å². The summed E-state index contributed by atoms with van der Waals surface area (Å²) in [4.78, 5) is 15.2. The molecule has 45 heavy (non-hydrogen) atoms. The molecular weight excluding hydrogens is 595 g/mol. The number of hydrogen-bond donors (Lipinski definition) is 1. The van der Waals surface area contributed by atoms with Crippen molar-refractivity contribution in [3.8, 4) is 11.8 Å². The first-order valence-corrected chi connectivity index (χ1v) is 22.9. The largest absolute Gasteiger partial charge is 0.417 e. The van der Waals surface area contributed by atoms with E-state index in [2.05, 4.69) is 93.4 Å². The zero-order valence-electron chi connectivity index (χ0n) is 32.3. The summed E-state index contributed by atoms with van der Waals surface area (Å²) in [5.41, 5.74) is 1.72. The third kappa shape index (κ3) is 11.4. The lowest BCUT2D eigenvalue weighted by atomic mass is 9.66. The molecule has 8 heteroatoms. The number of allylic oxidation sites excluding steroid dienone is 2. The average Bonchev–Trinajstić information content (AvgIpc) is 2.84. The zero-order chi connectivity index (χ0) is 35.3. The molecule has 0 aromatic carbocycles. The normalized spacial score (nSPS) is 21.3. The molecule has 4 atom stereocenters. The van der Waals surface area contributed by atoms with E-state index in [1.165, 1.54) is 0 Å². The molecule has 1 amide bonds. The topological polar surface area (TPSA) is 68.2 Å². The van der Waals surface area contributed by atoms with Gasteiger partial charge < -0.3 is 23.6 Å². The molecule has 0 bridgehead atoms. The fraction of sp³-hybridized carbons (Fsp3) is 0.811. The van der Waals surface area contributed by atoms with E-state index in [0.29, 0.717) is 31.3 Å². The molecule has 1 aliphatic rings. The summed E-state index contributed by atoms with van der Waals surface area (Å²) in [7, 11) is -3.93. The van der Waals surface area contributed by atoms with Crippen LogP contribution >= 0.6 is 0 Å². The number of aliphatic hydroxyl groups is 1. The van der Waals surface area contributed by atoms with Gasteiger partial charge in [-0.3, -0.25) is 0 Å². The lowest BCUT2D eigenvalue weighted by Gasteiger charge is -2.45. The van der Waals surface area contributed by atoms with Crippen molar-refractivity contribution in [2.45, 2.75) is 158 Å². The predicted molar refractivity (Wildman–Crippen MR) is 195 cm³/mol. The molecule has 260 valence electrons. The lowest BCUT2D eigenvalue weighted by Crippen LogP contribution is -2.47. The van der Waals surface area contributed by atoms with Gasteiger partial charge in [-0.1, -0.05) is 67.2 Å². The summed E-state index contributed by atoms with van der Waals surface area (Å²) in [6, 6.07) is 0.0274. The van der Waals surface area contributed by atoms with E-state index in [4.69, 9.17) is 13.6 Å². The van der Waals surface area contributed by atoms with Gasteiger partial charge in [0.2, 0.25) is 0 Å². The minimum absolute atomic E-state index is 0.0137. The highest BCUT2D eigenvalue weighted by Gasteiger charge is 2.45. The second-order valence-corrected chi connectivity index (χ2v) is 26.8. The maximum Gasteiger partial charge on any atom is 0.415 e. The summed E-state index contributed by atoms with van der Waals surface area (Å²) in [5, 5.41) is 12.1. The molecule has 0 unspecified atom stereocenters. The Kier molecular flexibility index (Phi) is 14.9. The van der Waals surface area contributed by atoms with E-state index < -0.39 is 22.7 Å². The first-order valence-electron chi connectivity index (χ1n) is 17.1. The minimum Gasteiger partial charge on any atom is -0.417 e. The van der Waals surface area contributed by atoms with Crippen LogP contribution in [-0.4, -0.2) is 64.1 Å². The molecule has 0 saturated carbocycles. The highest BCUT2D eigenvalue weighted by atomic mass is 28.4. The van der Waals surface area contributed by atoms with Crippen molar-refractivity contribution in [1.29, 1.82) is 0 Å². The Morgan fingerprint density at radius 1 is 0.956 bits per heavy atom. The maximum absolute atomic E-state index is 13.4. The van der Waals surface area contributed by atoms with Crippen LogP contribution in [0.5, 0.6) is 0 Å². The first-order chi connectivity index (χ1) is 20.2. The lowest BCUT2D eigenvalue weighted by molar-refractivity contribution is 0.0265. The Morgan fingerprint density at radius 2 is 1.44 bits per heavy atom. The quantitative estimate of drug-likeness (QED) is 0.176.